The molecular weight excluding hydrogens is 332 g/mol. The molecule has 1 saturated heterocycles. The van der Waals surface area contributed by atoms with Gasteiger partial charge in [0.2, 0.25) is 0 Å². The van der Waals surface area contributed by atoms with Crippen molar-refractivity contribution in [1.29, 1.82) is 0 Å². The molecule has 3 rings (SSSR count). The van der Waals surface area contributed by atoms with Crippen LogP contribution >= 0.6 is 0 Å². The molecule has 1 atom stereocenters. The van der Waals surface area contributed by atoms with Crippen LogP contribution in [0.5, 0.6) is 0 Å². The van der Waals surface area contributed by atoms with Crippen LogP contribution in [-0.4, -0.2) is 64.3 Å². The molecule has 2 aromatic rings. The molecule has 0 aliphatic carbocycles. The molecule has 0 bridgehead atoms. The zero-order valence-electron chi connectivity index (χ0n) is 15.0. The predicted molar refractivity (Wildman–Crippen MR) is 97.0 cm³/mol. The number of rotatable bonds is 7. The van der Waals surface area contributed by atoms with Crippen molar-refractivity contribution < 1.29 is 14.6 Å². The Morgan fingerprint density at radius 2 is 2.19 bits per heavy atom. The monoisotopic (exact) mass is 356 g/mol. The van der Waals surface area contributed by atoms with Crippen molar-refractivity contribution in [1.82, 2.24) is 19.9 Å². The third kappa shape index (κ3) is 4.83. The molecular formula is C19H24N4O3. The highest BCUT2D eigenvalue weighted by molar-refractivity contribution is 5.88. The second kappa shape index (κ2) is 8.82. The molecule has 1 N–H and O–H groups in total. The lowest BCUT2D eigenvalue weighted by Crippen LogP contribution is -2.38. The lowest BCUT2D eigenvalue weighted by molar-refractivity contribution is 0.0696. The summed E-state index contributed by atoms with van der Waals surface area (Å²) in [7, 11) is 1.74. The molecule has 7 heteroatoms. The van der Waals surface area contributed by atoms with Crippen molar-refractivity contribution in [3.63, 3.8) is 0 Å². The van der Waals surface area contributed by atoms with Gasteiger partial charge in [-0.3, -0.25) is 15.0 Å². The number of pyridine rings is 1. The first-order chi connectivity index (χ1) is 12.7. The van der Waals surface area contributed by atoms with Crippen LogP contribution in [0.15, 0.2) is 30.9 Å². The molecule has 1 aliphatic rings. The fourth-order valence-electron chi connectivity index (χ4n) is 3.34. The van der Waals surface area contributed by atoms with E-state index in [2.05, 4.69) is 19.9 Å². The summed E-state index contributed by atoms with van der Waals surface area (Å²) < 4.78 is 5.17. The Morgan fingerprint density at radius 3 is 2.92 bits per heavy atom. The number of carbonyl (C=O) groups is 1. The van der Waals surface area contributed by atoms with Gasteiger partial charge in [-0.15, -0.1) is 0 Å². The molecule has 1 unspecified atom stereocenters. The van der Waals surface area contributed by atoms with Crippen molar-refractivity contribution in [3.8, 4) is 11.3 Å². The molecule has 1 fully saturated rings. The van der Waals surface area contributed by atoms with Crippen molar-refractivity contribution in [2.75, 3.05) is 33.4 Å². The van der Waals surface area contributed by atoms with Gasteiger partial charge < -0.3 is 14.7 Å². The molecule has 7 nitrogen and oxygen atoms in total. The summed E-state index contributed by atoms with van der Waals surface area (Å²) >= 11 is 0. The zero-order chi connectivity index (χ0) is 18.4. The van der Waals surface area contributed by atoms with E-state index < -0.39 is 5.97 Å². The smallest absolute Gasteiger partial charge is 0.337 e. The van der Waals surface area contributed by atoms with Gasteiger partial charge in [-0.2, -0.15) is 0 Å². The van der Waals surface area contributed by atoms with Gasteiger partial charge >= 0.3 is 5.97 Å². The molecule has 0 spiro atoms. The van der Waals surface area contributed by atoms with Gasteiger partial charge in [0.1, 0.15) is 0 Å². The van der Waals surface area contributed by atoms with E-state index in [1.54, 1.807) is 31.8 Å². The number of carboxylic acid groups (broad SMARTS) is 1. The first kappa shape index (κ1) is 18.4. The second-order valence-electron chi connectivity index (χ2n) is 6.67. The minimum atomic E-state index is -1.00. The Bertz CT molecular complexity index is 736. The summed E-state index contributed by atoms with van der Waals surface area (Å²) in [6.07, 6.45) is 9.73. The Kier molecular flexibility index (Phi) is 6.25. The fourth-order valence-corrected chi connectivity index (χ4v) is 3.34. The minimum absolute atomic E-state index is 0.145. The van der Waals surface area contributed by atoms with Crippen molar-refractivity contribution in [2.24, 2.45) is 5.92 Å². The highest BCUT2D eigenvalue weighted by Crippen LogP contribution is 2.21. The summed E-state index contributed by atoms with van der Waals surface area (Å²) in [6, 6.07) is 1.56. The highest BCUT2D eigenvalue weighted by atomic mass is 16.5. The lowest BCUT2D eigenvalue weighted by atomic mass is 9.93. The first-order valence-electron chi connectivity index (χ1n) is 8.86. The normalized spacial score (nSPS) is 18.0. The Hall–Kier alpha value is -2.38. The summed E-state index contributed by atoms with van der Waals surface area (Å²) in [5.41, 5.74) is 2.41. The average Bonchev–Trinajstić information content (AvgIpc) is 2.67. The van der Waals surface area contributed by atoms with Gasteiger partial charge in [-0.25, -0.2) is 4.79 Å². The van der Waals surface area contributed by atoms with Crippen LogP contribution in [0.2, 0.25) is 0 Å². The summed E-state index contributed by atoms with van der Waals surface area (Å²) in [5, 5.41) is 9.07. The number of methoxy groups -OCH3 is 1. The second-order valence-corrected chi connectivity index (χ2v) is 6.67. The van der Waals surface area contributed by atoms with Crippen molar-refractivity contribution in [2.45, 2.75) is 19.3 Å². The van der Waals surface area contributed by atoms with Gasteiger partial charge in [-0.05, 0) is 37.8 Å². The Labute approximate surface area is 153 Å². The van der Waals surface area contributed by atoms with E-state index in [-0.39, 0.29) is 5.56 Å². The van der Waals surface area contributed by atoms with E-state index in [1.807, 2.05) is 0 Å². The van der Waals surface area contributed by atoms with E-state index in [1.165, 1.54) is 19.0 Å². The zero-order valence-corrected chi connectivity index (χ0v) is 15.0. The maximum Gasteiger partial charge on any atom is 0.337 e. The highest BCUT2D eigenvalue weighted by Gasteiger charge is 2.20. The number of hydrogen-bond donors (Lipinski definition) is 1. The predicted octanol–water partition coefficient (Wildman–Crippen LogP) is 2.14. The summed E-state index contributed by atoms with van der Waals surface area (Å²) in [6.45, 7) is 3.95. The van der Waals surface area contributed by atoms with Crippen molar-refractivity contribution in [3.05, 3.63) is 42.1 Å². The SMILES string of the molecule is COCCN1CCCC(Cc2cnc(-c3cncc(C(=O)O)c3)cn2)C1. The van der Waals surface area contributed by atoms with E-state index in [0.717, 1.165) is 38.4 Å². The van der Waals surface area contributed by atoms with Crippen LogP contribution in [0.1, 0.15) is 28.9 Å². The number of piperidine rings is 1. The quantitative estimate of drug-likeness (QED) is 0.813. The summed E-state index contributed by atoms with van der Waals surface area (Å²) in [5.74, 6) is -0.419. The molecule has 2 aromatic heterocycles. The number of aromatic carboxylic acids is 1. The third-order valence-electron chi connectivity index (χ3n) is 4.70. The molecule has 1 aliphatic heterocycles. The molecule has 26 heavy (non-hydrogen) atoms. The lowest BCUT2D eigenvalue weighted by Gasteiger charge is -2.32. The van der Waals surface area contributed by atoms with Crippen LogP contribution in [-0.2, 0) is 11.2 Å². The van der Waals surface area contributed by atoms with Gasteiger partial charge in [0.05, 0.1) is 29.8 Å². The average molecular weight is 356 g/mol. The number of hydrogen-bond acceptors (Lipinski definition) is 6. The number of likely N-dealkylation sites (tertiary alicyclic amines) is 1. The van der Waals surface area contributed by atoms with E-state index >= 15 is 0 Å². The van der Waals surface area contributed by atoms with Crippen LogP contribution in [0.25, 0.3) is 11.3 Å². The topological polar surface area (TPSA) is 88.4 Å². The largest absolute Gasteiger partial charge is 0.478 e. The van der Waals surface area contributed by atoms with E-state index in [0.29, 0.717) is 17.2 Å². The van der Waals surface area contributed by atoms with Gasteiger partial charge in [0.25, 0.3) is 0 Å². The van der Waals surface area contributed by atoms with Gasteiger partial charge in [0, 0.05) is 44.4 Å². The number of nitrogens with zero attached hydrogens (tertiary/aromatic N) is 4. The van der Waals surface area contributed by atoms with Crippen LogP contribution in [0.3, 0.4) is 0 Å². The standard InChI is InChI=1S/C19H24N4O3/c1-26-6-5-23-4-2-3-14(13-23)7-17-11-22-18(12-21-17)15-8-16(19(24)25)10-20-9-15/h8-12,14H,2-7,13H2,1H3,(H,24,25). The Balaban J connectivity index is 1.62. The molecule has 3 heterocycles. The molecule has 0 aromatic carbocycles. The van der Waals surface area contributed by atoms with Crippen LogP contribution < -0.4 is 0 Å². The molecule has 0 amide bonds. The summed E-state index contributed by atoms with van der Waals surface area (Å²) in [4.78, 5) is 26.5. The van der Waals surface area contributed by atoms with Crippen molar-refractivity contribution >= 4 is 5.97 Å². The maximum absolute atomic E-state index is 11.1. The fraction of sp³-hybridized carbons (Fsp3) is 0.474. The van der Waals surface area contributed by atoms with Crippen LogP contribution in [0.4, 0.5) is 0 Å². The van der Waals surface area contributed by atoms with Gasteiger partial charge in [0.15, 0.2) is 0 Å². The Morgan fingerprint density at radius 1 is 1.31 bits per heavy atom. The van der Waals surface area contributed by atoms with E-state index in [9.17, 15) is 4.79 Å². The number of carboxylic acids is 1. The molecule has 138 valence electrons. The van der Waals surface area contributed by atoms with Gasteiger partial charge in [-0.1, -0.05) is 0 Å². The maximum atomic E-state index is 11.1. The molecule has 0 saturated carbocycles. The first-order valence-corrected chi connectivity index (χ1v) is 8.86. The minimum Gasteiger partial charge on any atom is -0.478 e. The van der Waals surface area contributed by atoms with E-state index in [4.69, 9.17) is 9.84 Å². The third-order valence-corrected chi connectivity index (χ3v) is 4.70. The molecule has 0 radical (unpaired) electrons. The van der Waals surface area contributed by atoms with Crippen LogP contribution in [0, 0.1) is 5.92 Å². The number of ether oxygens (including phenoxy) is 1. The number of aromatic nitrogens is 3.